The van der Waals surface area contributed by atoms with E-state index in [4.69, 9.17) is 9.47 Å². The highest BCUT2D eigenvalue weighted by molar-refractivity contribution is 5.94. The van der Waals surface area contributed by atoms with Crippen molar-refractivity contribution in [2.24, 2.45) is 0 Å². The number of amides is 1. The lowest BCUT2D eigenvalue weighted by Gasteiger charge is -2.41. The van der Waals surface area contributed by atoms with Crippen LogP contribution in [0.4, 0.5) is 0 Å². The van der Waals surface area contributed by atoms with Crippen molar-refractivity contribution in [2.45, 2.75) is 12.5 Å². The lowest BCUT2D eigenvalue weighted by Crippen LogP contribution is -2.45. The average molecular weight is 363 g/mol. The van der Waals surface area contributed by atoms with Gasteiger partial charge in [0.15, 0.2) is 0 Å². The summed E-state index contributed by atoms with van der Waals surface area (Å²) in [6, 6.07) is 17.3. The fraction of sp³-hybridized carbons (Fsp3) is 0.238. The zero-order valence-electron chi connectivity index (χ0n) is 15.3. The van der Waals surface area contributed by atoms with Crippen molar-refractivity contribution in [3.8, 4) is 22.8 Å². The lowest BCUT2D eigenvalue weighted by atomic mass is 9.94. The Labute approximate surface area is 157 Å². The minimum Gasteiger partial charge on any atom is -0.497 e. The number of nitrogens with one attached hydrogen (secondary N) is 1. The third-order valence-corrected chi connectivity index (χ3v) is 4.95. The summed E-state index contributed by atoms with van der Waals surface area (Å²) in [6.07, 6.45) is 0.943. The molecular formula is C21H21N3O3. The first-order chi connectivity index (χ1) is 13.2. The van der Waals surface area contributed by atoms with E-state index in [2.05, 4.69) is 10.2 Å². The Hall–Kier alpha value is -3.28. The molecule has 0 spiro atoms. The van der Waals surface area contributed by atoms with E-state index in [0.29, 0.717) is 5.69 Å². The highest BCUT2D eigenvalue weighted by Crippen LogP contribution is 2.36. The van der Waals surface area contributed by atoms with Gasteiger partial charge in [0, 0.05) is 12.1 Å². The van der Waals surface area contributed by atoms with Crippen molar-refractivity contribution in [1.82, 2.24) is 15.1 Å². The normalized spacial score (nSPS) is 15.9. The van der Waals surface area contributed by atoms with Crippen LogP contribution in [0.3, 0.4) is 0 Å². The van der Waals surface area contributed by atoms with Gasteiger partial charge in [0.25, 0.3) is 5.91 Å². The van der Waals surface area contributed by atoms with Crippen LogP contribution in [0.1, 0.15) is 28.5 Å². The number of carbonyl (C=O) groups excluding carboxylic acids is 1. The maximum Gasteiger partial charge on any atom is 0.272 e. The number of methoxy groups -OCH3 is 2. The molecule has 138 valence electrons. The minimum absolute atomic E-state index is 0.0404. The number of ether oxygens (including phenoxy) is 2. The highest BCUT2D eigenvalue weighted by atomic mass is 16.5. The Morgan fingerprint density at radius 2 is 1.85 bits per heavy atom. The number of likely N-dealkylation sites (tertiary alicyclic amines) is 1. The fourth-order valence-electron chi connectivity index (χ4n) is 3.32. The second-order valence-corrected chi connectivity index (χ2v) is 6.47. The molecule has 27 heavy (non-hydrogen) atoms. The van der Waals surface area contributed by atoms with Gasteiger partial charge < -0.3 is 14.4 Å². The predicted octanol–water partition coefficient (Wildman–Crippen LogP) is 3.68. The molecule has 0 aliphatic carbocycles. The Bertz CT molecular complexity index is 949. The van der Waals surface area contributed by atoms with E-state index in [9.17, 15) is 4.79 Å². The van der Waals surface area contributed by atoms with Crippen LogP contribution in [0, 0.1) is 0 Å². The predicted molar refractivity (Wildman–Crippen MR) is 102 cm³/mol. The first-order valence-corrected chi connectivity index (χ1v) is 8.84. The number of hydrogen-bond donors (Lipinski definition) is 1. The Morgan fingerprint density at radius 1 is 1.07 bits per heavy atom. The molecule has 2 aromatic carbocycles. The smallest absolute Gasteiger partial charge is 0.272 e. The average Bonchev–Trinajstić information content (AvgIpc) is 3.17. The molecule has 6 heteroatoms. The molecule has 2 heterocycles. The third-order valence-electron chi connectivity index (χ3n) is 4.95. The molecule has 1 atom stereocenters. The van der Waals surface area contributed by atoms with E-state index < -0.39 is 0 Å². The van der Waals surface area contributed by atoms with Crippen LogP contribution in [0.5, 0.6) is 11.5 Å². The van der Waals surface area contributed by atoms with Crippen LogP contribution in [-0.2, 0) is 0 Å². The van der Waals surface area contributed by atoms with Gasteiger partial charge in [-0.05, 0) is 54.4 Å². The van der Waals surface area contributed by atoms with Crippen LogP contribution >= 0.6 is 0 Å². The van der Waals surface area contributed by atoms with Gasteiger partial charge in [-0.3, -0.25) is 9.89 Å². The summed E-state index contributed by atoms with van der Waals surface area (Å²) in [6.45, 7) is 0.734. The molecule has 0 saturated carbocycles. The first kappa shape index (κ1) is 17.1. The molecule has 6 nitrogen and oxygen atoms in total. The molecule has 0 bridgehead atoms. The third kappa shape index (κ3) is 3.26. The zero-order valence-corrected chi connectivity index (χ0v) is 15.3. The monoisotopic (exact) mass is 363 g/mol. The Balaban J connectivity index is 1.52. The maximum atomic E-state index is 12.9. The number of benzene rings is 2. The van der Waals surface area contributed by atoms with E-state index >= 15 is 0 Å². The summed E-state index contributed by atoms with van der Waals surface area (Å²) in [7, 11) is 3.28. The highest BCUT2D eigenvalue weighted by Gasteiger charge is 2.34. The lowest BCUT2D eigenvalue weighted by molar-refractivity contribution is 0.0453. The largest absolute Gasteiger partial charge is 0.497 e. The number of rotatable bonds is 5. The molecule has 0 radical (unpaired) electrons. The molecule has 1 amide bonds. The summed E-state index contributed by atoms with van der Waals surface area (Å²) < 4.78 is 10.5. The number of aromatic nitrogens is 2. The molecule has 1 saturated heterocycles. The molecule has 1 aliphatic heterocycles. The molecule has 1 fully saturated rings. The standard InChI is InChI=1S/C21H21N3O3/c1-26-16-8-6-14(7-9-16)18-13-19(23-22-18)21(25)24-11-10-20(24)15-4-3-5-17(12-15)27-2/h3-9,12-13,20H,10-11H2,1-2H3,(H,22,23). The first-order valence-electron chi connectivity index (χ1n) is 8.84. The van der Waals surface area contributed by atoms with Crippen molar-refractivity contribution in [1.29, 1.82) is 0 Å². The molecule has 1 N–H and O–H groups in total. The van der Waals surface area contributed by atoms with E-state index in [0.717, 1.165) is 41.3 Å². The van der Waals surface area contributed by atoms with Gasteiger partial charge in [0.2, 0.25) is 0 Å². The number of hydrogen-bond acceptors (Lipinski definition) is 4. The van der Waals surface area contributed by atoms with Crippen molar-refractivity contribution in [2.75, 3.05) is 20.8 Å². The van der Waals surface area contributed by atoms with Gasteiger partial charge in [-0.2, -0.15) is 5.10 Å². The number of carbonyl (C=O) groups is 1. The minimum atomic E-state index is -0.0404. The van der Waals surface area contributed by atoms with E-state index in [-0.39, 0.29) is 11.9 Å². The van der Waals surface area contributed by atoms with Crippen LogP contribution in [-0.4, -0.2) is 41.8 Å². The van der Waals surface area contributed by atoms with Crippen molar-refractivity contribution in [3.63, 3.8) is 0 Å². The van der Waals surface area contributed by atoms with Crippen molar-refractivity contribution in [3.05, 3.63) is 65.9 Å². The molecule has 3 aromatic rings. The molecule has 1 aromatic heterocycles. The SMILES string of the molecule is COc1ccc(-c2cc(C(=O)N3CCC3c3cccc(OC)c3)[nH]n2)cc1. The summed E-state index contributed by atoms with van der Waals surface area (Å²) in [5.74, 6) is 1.55. The summed E-state index contributed by atoms with van der Waals surface area (Å²) in [5, 5.41) is 7.17. The molecular weight excluding hydrogens is 342 g/mol. The second-order valence-electron chi connectivity index (χ2n) is 6.47. The van der Waals surface area contributed by atoms with Crippen LogP contribution < -0.4 is 9.47 Å². The summed E-state index contributed by atoms with van der Waals surface area (Å²) >= 11 is 0. The Morgan fingerprint density at radius 3 is 2.52 bits per heavy atom. The van der Waals surface area contributed by atoms with Crippen molar-refractivity contribution >= 4 is 5.91 Å². The Kier molecular flexibility index (Phi) is 4.54. The number of aromatic amines is 1. The zero-order chi connectivity index (χ0) is 18.8. The van der Waals surface area contributed by atoms with Crippen LogP contribution in [0.25, 0.3) is 11.3 Å². The summed E-state index contributed by atoms with van der Waals surface area (Å²) in [5.41, 5.74) is 3.25. The van der Waals surface area contributed by atoms with Gasteiger partial charge in [0.1, 0.15) is 17.2 Å². The van der Waals surface area contributed by atoms with E-state index in [1.54, 1.807) is 20.3 Å². The van der Waals surface area contributed by atoms with Gasteiger partial charge >= 0.3 is 0 Å². The van der Waals surface area contributed by atoms with Crippen molar-refractivity contribution < 1.29 is 14.3 Å². The topological polar surface area (TPSA) is 67.4 Å². The van der Waals surface area contributed by atoms with Gasteiger partial charge in [-0.25, -0.2) is 0 Å². The van der Waals surface area contributed by atoms with Crippen LogP contribution in [0.2, 0.25) is 0 Å². The fourth-order valence-corrected chi connectivity index (χ4v) is 3.32. The van der Waals surface area contributed by atoms with Gasteiger partial charge in [-0.15, -0.1) is 0 Å². The summed E-state index contributed by atoms with van der Waals surface area (Å²) in [4.78, 5) is 14.8. The van der Waals surface area contributed by atoms with Gasteiger partial charge in [0.05, 0.1) is 26.0 Å². The van der Waals surface area contributed by atoms with Crippen LogP contribution in [0.15, 0.2) is 54.6 Å². The molecule has 4 rings (SSSR count). The number of nitrogens with zero attached hydrogens (tertiary/aromatic N) is 2. The quantitative estimate of drug-likeness (QED) is 0.751. The molecule has 1 unspecified atom stereocenters. The molecule has 1 aliphatic rings. The maximum absolute atomic E-state index is 12.9. The second kappa shape index (κ2) is 7.15. The van der Waals surface area contributed by atoms with E-state index in [1.807, 2.05) is 53.4 Å². The van der Waals surface area contributed by atoms with E-state index in [1.165, 1.54) is 0 Å². The van der Waals surface area contributed by atoms with Gasteiger partial charge in [-0.1, -0.05) is 12.1 Å². The number of H-pyrrole nitrogens is 1.